The number of nitrogens with one attached hydrogen (secondary N) is 1. The maximum absolute atomic E-state index is 12.5. The molecule has 1 amide bonds. The second-order valence-electron chi connectivity index (χ2n) is 7.24. The van der Waals surface area contributed by atoms with Gasteiger partial charge in [-0.15, -0.1) is 0 Å². The van der Waals surface area contributed by atoms with Gasteiger partial charge in [0, 0.05) is 18.3 Å². The van der Waals surface area contributed by atoms with Crippen LogP contribution in [0, 0.1) is 0 Å². The van der Waals surface area contributed by atoms with Gasteiger partial charge in [-0.2, -0.15) is 0 Å². The van der Waals surface area contributed by atoms with E-state index in [0.717, 1.165) is 4.57 Å². The number of anilines is 2. The van der Waals surface area contributed by atoms with Gasteiger partial charge < -0.3 is 15.3 Å². The van der Waals surface area contributed by atoms with Crippen LogP contribution in [-0.2, 0) is 16.1 Å². The van der Waals surface area contributed by atoms with Crippen molar-refractivity contribution < 1.29 is 19.2 Å². The zero-order chi connectivity index (χ0) is 21.8. The molecule has 1 aromatic heterocycles. The van der Waals surface area contributed by atoms with E-state index < -0.39 is 28.9 Å². The molecule has 29 heavy (non-hydrogen) atoms. The number of nitrogen functional groups attached to an aromatic ring is 1. The van der Waals surface area contributed by atoms with Crippen LogP contribution in [0.2, 0.25) is 0 Å². The fourth-order valence-electron chi connectivity index (χ4n) is 2.32. The van der Waals surface area contributed by atoms with Gasteiger partial charge in [0.25, 0.3) is 0 Å². The van der Waals surface area contributed by atoms with Crippen molar-refractivity contribution >= 4 is 23.4 Å². The molecule has 2 rings (SSSR count). The molecule has 0 atom stereocenters. The Bertz CT molecular complexity index is 1030. The van der Waals surface area contributed by atoms with Crippen LogP contribution in [0.4, 0.5) is 16.2 Å². The number of hydrogen-bond acceptors (Lipinski definition) is 7. The van der Waals surface area contributed by atoms with Crippen LogP contribution in [0.25, 0.3) is 0 Å². The lowest BCUT2D eigenvalue weighted by Gasteiger charge is -2.19. The average molecular weight is 404 g/mol. The summed E-state index contributed by atoms with van der Waals surface area (Å²) in [6, 6.07) is 6.70. The quantitative estimate of drug-likeness (QED) is 0.768. The van der Waals surface area contributed by atoms with E-state index in [-0.39, 0.29) is 18.7 Å². The first-order valence-corrected chi connectivity index (χ1v) is 8.92. The minimum Gasteiger partial charge on any atom is -0.444 e. The number of amides is 1. The highest BCUT2D eigenvalue weighted by atomic mass is 16.7. The summed E-state index contributed by atoms with van der Waals surface area (Å²) in [5.41, 5.74) is 4.10. The summed E-state index contributed by atoms with van der Waals surface area (Å²) in [4.78, 5) is 52.7. The standard InChI is InChI=1S/C19H24N4O6/c1-5-15(24)29-23-16(25)14(20)11-22(18(23)27)10-12-7-6-8-13(9-12)21-17(26)28-19(2,3)4/h6-9,11H,5,10,20H2,1-4H3,(H,21,26). The fraction of sp³-hybridized carbons (Fsp3) is 0.368. The summed E-state index contributed by atoms with van der Waals surface area (Å²) in [6.45, 7) is 6.80. The zero-order valence-corrected chi connectivity index (χ0v) is 16.7. The first kappa shape index (κ1) is 21.7. The SMILES string of the molecule is CCC(=O)On1c(=O)c(N)cn(Cc2cccc(NC(=O)OC(C)(C)C)c2)c1=O. The summed E-state index contributed by atoms with van der Waals surface area (Å²) in [5, 5.41) is 2.61. The van der Waals surface area contributed by atoms with Crippen molar-refractivity contribution in [2.24, 2.45) is 0 Å². The van der Waals surface area contributed by atoms with Crippen molar-refractivity contribution in [1.29, 1.82) is 0 Å². The summed E-state index contributed by atoms with van der Waals surface area (Å²) < 4.78 is 6.67. The maximum Gasteiger partial charge on any atom is 0.412 e. The van der Waals surface area contributed by atoms with E-state index >= 15 is 0 Å². The van der Waals surface area contributed by atoms with Gasteiger partial charge >= 0.3 is 23.3 Å². The minimum absolute atomic E-state index is 0.0148. The molecule has 10 nitrogen and oxygen atoms in total. The van der Waals surface area contributed by atoms with Crippen molar-refractivity contribution in [2.75, 3.05) is 11.1 Å². The van der Waals surface area contributed by atoms with E-state index in [1.807, 2.05) is 0 Å². The van der Waals surface area contributed by atoms with Gasteiger partial charge in [-0.3, -0.25) is 14.7 Å². The van der Waals surface area contributed by atoms with Gasteiger partial charge in [-0.25, -0.2) is 14.4 Å². The van der Waals surface area contributed by atoms with Gasteiger partial charge in [0.05, 0.1) is 6.54 Å². The summed E-state index contributed by atoms with van der Waals surface area (Å²) >= 11 is 0. The maximum atomic E-state index is 12.5. The Kier molecular flexibility index (Phi) is 6.47. The zero-order valence-electron chi connectivity index (χ0n) is 16.7. The molecule has 1 heterocycles. The first-order valence-electron chi connectivity index (χ1n) is 8.92. The van der Waals surface area contributed by atoms with Crippen molar-refractivity contribution in [3.05, 3.63) is 56.9 Å². The molecule has 0 aliphatic heterocycles. The Labute approximate surface area is 166 Å². The molecular weight excluding hydrogens is 380 g/mol. The topological polar surface area (TPSA) is 135 Å². The summed E-state index contributed by atoms with van der Waals surface area (Å²) in [7, 11) is 0. The molecule has 10 heteroatoms. The summed E-state index contributed by atoms with van der Waals surface area (Å²) in [6.07, 6.45) is 0.546. The third kappa shape index (κ3) is 5.96. The Hall–Kier alpha value is -3.56. The number of rotatable bonds is 5. The highest BCUT2D eigenvalue weighted by molar-refractivity contribution is 5.84. The third-order valence-electron chi connectivity index (χ3n) is 3.55. The molecule has 0 aliphatic carbocycles. The van der Waals surface area contributed by atoms with Gasteiger partial charge in [0.15, 0.2) is 0 Å². The fourth-order valence-corrected chi connectivity index (χ4v) is 2.32. The van der Waals surface area contributed by atoms with Crippen molar-refractivity contribution in [2.45, 2.75) is 46.3 Å². The predicted octanol–water partition coefficient (Wildman–Crippen LogP) is 1.35. The first-order chi connectivity index (χ1) is 13.5. The lowest BCUT2D eigenvalue weighted by atomic mass is 10.2. The molecule has 0 bridgehead atoms. The highest BCUT2D eigenvalue weighted by Gasteiger charge is 2.17. The van der Waals surface area contributed by atoms with Crippen LogP contribution in [0.3, 0.4) is 0 Å². The number of ether oxygens (including phenoxy) is 1. The monoisotopic (exact) mass is 404 g/mol. The van der Waals surface area contributed by atoms with Gasteiger partial charge in [-0.05, 0) is 38.5 Å². The highest BCUT2D eigenvalue weighted by Crippen LogP contribution is 2.14. The Morgan fingerprint density at radius 2 is 1.90 bits per heavy atom. The Morgan fingerprint density at radius 3 is 2.52 bits per heavy atom. The molecule has 0 saturated heterocycles. The Balaban J connectivity index is 2.28. The normalized spacial score (nSPS) is 11.0. The van der Waals surface area contributed by atoms with Crippen LogP contribution in [0.15, 0.2) is 40.1 Å². The number of nitrogens with zero attached hydrogens (tertiary/aromatic N) is 2. The number of nitrogens with two attached hydrogens (primary N) is 1. The van der Waals surface area contributed by atoms with Crippen LogP contribution in [0.5, 0.6) is 0 Å². The van der Waals surface area contributed by atoms with E-state index in [2.05, 4.69) is 5.32 Å². The van der Waals surface area contributed by atoms with E-state index in [1.54, 1.807) is 45.0 Å². The second-order valence-corrected chi connectivity index (χ2v) is 7.24. The van der Waals surface area contributed by atoms with Crippen molar-refractivity contribution in [3.63, 3.8) is 0 Å². The molecular formula is C19H24N4O6. The number of hydrogen-bond donors (Lipinski definition) is 2. The summed E-state index contributed by atoms with van der Waals surface area (Å²) in [5.74, 6) is -0.745. The number of aromatic nitrogens is 2. The van der Waals surface area contributed by atoms with Crippen LogP contribution in [0.1, 0.15) is 39.7 Å². The molecule has 0 aliphatic rings. The van der Waals surface area contributed by atoms with Gasteiger partial charge in [0.1, 0.15) is 11.3 Å². The molecule has 0 fully saturated rings. The molecule has 0 unspecified atom stereocenters. The molecule has 1 aromatic carbocycles. The average Bonchev–Trinajstić information content (AvgIpc) is 2.61. The third-order valence-corrected chi connectivity index (χ3v) is 3.55. The van der Waals surface area contributed by atoms with E-state index in [4.69, 9.17) is 15.3 Å². The van der Waals surface area contributed by atoms with Crippen LogP contribution in [-0.4, -0.2) is 27.0 Å². The molecule has 0 radical (unpaired) electrons. The van der Waals surface area contributed by atoms with E-state index in [0.29, 0.717) is 16.0 Å². The number of carbonyl (C=O) groups is 2. The lowest BCUT2D eigenvalue weighted by Crippen LogP contribution is -2.45. The minimum atomic E-state index is -0.909. The smallest absolute Gasteiger partial charge is 0.412 e. The number of benzene rings is 1. The molecule has 156 valence electrons. The largest absolute Gasteiger partial charge is 0.444 e. The van der Waals surface area contributed by atoms with E-state index in [9.17, 15) is 19.2 Å². The van der Waals surface area contributed by atoms with Crippen molar-refractivity contribution in [1.82, 2.24) is 9.30 Å². The Morgan fingerprint density at radius 1 is 1.21 bits per heavy atom. The van der Waals surface area contributed by atoms with E-state index in [1.165, 1.54) is 13.1 Å². The molecule has 3 N–H and O–H groups in total. The van der Waals surface area contributed by atoms with Crippen LogP contribution >= 0.6 is 0 Å². The molecule has 2 aromatic rings. The van der Waals surface area contributed by atoms with Crippen LogP contribution < -0.4 is 27.1 Å². The van der Waals surface area contributed by atoms with Gasteiger partial charge in [0.2, 0.25) is 0 Å². The predicted molar refractivity (Wildman–Crippen MR) is 107 cm³/mol. The van der Waals surface area contributed by atoms with Crippen molar-refractivity contribution in [3.8, 4) is 0 Å². The van der Waals surface area contributed by atoms with Gasteiger partial charge in [-0.1, -0.05) is 23.8 Å². The second kappa shape index (κ2) is 8.63. The number of carbonyl (C=O) groups excluding carboxylic acids is 2. The molecule has 0 spiro atoms. The molecule has 0 saturated carbocycles. The lowest BCUT2D eigenvalue weighted by molar-refractivity contribution is -0.144.